The van der Waals surface area contributed by atoms with Crippen LogP contribution < -0.4 is 0 Å². The molecule has 16 heteroatoms. The second-order valence-electron chi connectivity index (χ2n) is 15.3. The van der Waals surface area contributed by atoms with Gasteiger partial charge in [0.25, 0.3) is 0 Å². The highest BCUT2D eigenvalue weighted by atomic mass is 31.2. The van der Waals surface area contributed by atoms with E-state index in [1.807, 2.05) is 12.2 Å². The molecule has 0 aliphatic rings. The van der Waals surface area contributed by atoms with E-state index in [1.165, 1.54) is 51.4 Å². The molecule has 2 unspecified atom stereocenters. The van der Waals surface area contributed by atoms with Crippen molar-refractivity contribution in [2.75, 3.05) is 26.4 Å². The molecule has 0 aliphatic heterocycles. The topological polar surface area (TPSA) is 216 Å². The van der Waals surface area contributed by atoms with Crippen molar-refractivity contribution in [3.8, 4) is 0 Å². The Morgan fingerprint density at radius 1 is 0.567 bits per heavy atom. The van der Waals surface area contributed by atoms with Crippen LogP contribution >= 0.6 is 15.6 Å². The van der Waals surface area contributed by atoms with Crippen LogP contribution in [-0.4, -0.2) is 81.6 Å². The van der Waals surface area contributed by atoms with Crippen LogP contribution in [0.2, 0.25) is 0 Å². The molecule has 348 valence electrons. The van der Waals surface area contributed by atoms with Crippen molar-refractivity contribution in [3.05, 3.63) is 60.8 Å². The first-order valence-corrected chi connectivity index (χ1v) is 25.0. The molecule has 0 saturated heterocycles. The zero-order valence-corrected chi connectivity index (χ0v) is 38.4. The van der Waals surface area contributed by atoms with Gasteiger partial charge in [0.05, 0.1) is 25.9 Å². The summed E-state index contributed by atoms with van der Waals surface area (Å²) in [5.74, 6) is -0.456. The summed E-state index contributed by atoms with van der Waals surface area (Å²) in [4.78, 5) is 52.7. The van der Waals surface area contributed by atoms with Crippen molar-refractivity contribution in [2.24, 2.45) is 5.92 Å². The fraction of sp³-hybridized carbons (Fsp3) is 0.727. The van der Waals surface area contributed by atoms with Crippen LogP contribution in [0.15, 0.2) is 60.8 Å². The summed E-state index contributed by atoms with van der Waals surface area (Å²) >= 11 is 0. The summed E-state index contributed by atoms with van der Waals surface area (Å²) in [5, 5.41) is 20.0. The molecule has 0 saturated carbocycles. The van der Waals surface area contributed by atoms with Crippen LogP contribution in [0.1, 0.15) is 156 Å². The second kappa shape index (κ2) is 38.5. The molecule has 0 heterocycles. The number of ether oxygens (including phenoxy) is 2. The first-order chi connectivity index (χ1) is 28.6. The highest BCUT2D eigenvalue weighted by Gasteiger charge is 2.28. The van der Waals surface area contributed by atoms with Gasteiger partial charge in [0.2, 0.25) is 0 Å². The smallest absolute Gasteiger partial charge is 0.462 e. The first kappa shape index (κ1) is 57.8. The zero-order valence-electron chi connectivity index (χ0n) is 36.6. The molecule has 0 aliphatic carbocycles. The summed E-state index contributed by atoms with van der Waals surface area (Å²) in [6.45, 7) is 3.73. The molecule has 0 aromatic heterocycles. The fourth-order valence-electron chi connectivity index (χ4n) is 5.62. The number of aliphatic hydroxyl groups is 2. The second-order valence-corrected chi connectivity index (χ2v) is 18.0. The van der Waals surface area contributed by atoms with Gasteiger partial charge in [-0.3, -0.25) is 23.2 Å². The third kappa shape index (κ3) is 42.5. The lowest BCUT2D eigenvalue weighted by atomic mass is 10.0. The monoisotopic (exact) mass is 892 g/mol. The molecule has 0 fully saturated rings. The van der Waals surface area contributed by atoms with Crippen LogP contribution in [0.4, 0.5) is 0 Å². The molecule has 0 aromatic carbocycles. The Balaban J connectivity index is 4.70. The number of esters is 2. The van der Waals surface area contributed by atoms with E-state index in [2.05, 4.69) is 66.3 Å². The summed E-state index contributed by atoms with van der Waals surface area (Å²) in [5.41, 5.74) is 0. The minimum Gasteiger partial charge on any atom is -0.462 e. The largest absolute Gasteiger partial charge is 0.472 e. The summed E-state index contributed by atoms with van der Waals surface area (Å²) in [6.07, 6.45) is 35.4. The number of allylic oxidation sites excluding steroid dienone is 9. The molecule has 0 aromatic rings. The Kier molecular flexibility index (Phi) is 37.0. The Morgan fingerprint density at radius 3 is 1.63 bits per heavy atom. The van der Waals surface area contributed by atoms with Crippen LogP contribution in [0.3, 0.4) is 0 Å². The lowest BCUT2D eigenvalue weighted by Gasteiger charge is -2.20. The Hall–Kier alpha value is -2.22. The summed E-state index contributed by atoms with van der Waals surface area (Å²) in [7, 11) is -9.74. The van der Waals surface area contributed by atoms with Gasteiger partial charge in [-0.05, 0) is 50.9 Å². The molecule has 14 nitrogen and oxygen atoms in total. The van der Waals surface area contributed by atoms with E-state index in [0.717, 1.165) is 57.3 Å². The minimum atomic E-state index is -4.88. The van der Waals surface area contributed by atoms with E-state index in [1.54, 1.807) is 12.2 Å². The van der Waals surface area contributed by atoms with Crippen molar-refractivity contribution >= 4 is 27.6 Å². The predicted octanol–water partition coefficient (Wildman–Crippen LogP) is 10.1. The van der Waals surface area contributed by atoms with E-state index >= 15 is 0 Å². The van der Waals surface area contributed by atoms with Crippen LogP contribution in [0, 0.1) is 5.92 Å². The Labute approximate surface area is 360 Å². The minimum absolute atomic E-state index is 0.0367. The van der Waals surface area contributed by atoms with Gasteiger partial charge >= 0.3 is 27.6 Å². The maximum Gasteiger partial charge on any atom is 0.472 e. The number of phosphoric acid groups is 2. The fourth-order valence-corrected chi connectivity index (χ4v) is 6.78. The lowest BCUT2D eigenvalue weighted by molar-refractivity contribution is -0.161. The molecule has 0 radical (unpaired) electrons. The maximum atomic E-state index is 12.7. The molecule has 0 rings (SSSR count). The van der Waals surface area contributed by atoms with Gasteiger partial charge < -0.3 is 34.4 Å². The van der Waals surface area contributed by atoms with Gasteiger partial charge in [-0.2, -0.15) is 0 Å². The zero-order chi connectivity index (χ0) is 44.7. The molecular formula is C44H78O14P2. The number of phosphoric ester groups is 2. The highest BCUT2D eigenvalue weighted by molar-refractivity contribution is 7.47. The number of hydrogen-bond donors (Lipinski definition) is 5. The third-order valence-electron chi connectivity index (χ3n) is 8.94. The number of hydrogen-bond acceptors (Lipinski definition) is 11. The SMILES string of the molecule is CC/C=C\C/C=C\C/C=C\C/C=C\C=C\C(O)CCCC(=O)OC[C@H](COP(=O)(O)OC[C@@H](O)COP(=O)(O)O)OC(=O)CCCCCCCCCCCCCCC(C)C. The van der Waals surface area contributed by atoms with E-state index in [0.29, 0.717) is 19.3 Å². The van der Waals surface area contributed by atoms with Gasteiger partial charge in [-0.25, -0.2) is 9.13 Å². The van der Waals surface area contributed by atoms with Crippen molar-refractivity contribution in [3.63, 3.8) is 0 Å². The molecular weight excluding hydrogens is 814 g/mol. The molecule has 0 bridgehead atoms. The number of aliphatic hydroxyl groups excluding tert-OH is 2. The first-order valence-electron chi connectivity index (χ1n) is 21.9. The van der Waals surface area contributed by atoms with Gasteiger partial charge in [0.15, 0.2) is 6.10 Å². The van der Waals surface area contributed by atoms with E-state index in [9.17, 15) is 33.8 Å². The molecule has 0 amide bonds. The normalized spacial score (nSPS) is 15.2. The summed E-state index contributed by atoms with van der Waals surface area (Å²) < 4.78 is 47.6. The number of carbonyl (C=O) groups excluding carboxylic acids is 2. The number of rotatable bonds is 40. The molecule has 60 heavy (non-hydrogen) atoms. The molecule has 5 N–H and O–H groups in total. The van der Waals surface area contributed by atoms with Crippen molar-refractivity contribution in [2.45, 2.75) is 174 Å². The van der Waals surface area contributed by atoms with Gasteiger partial charge in [-0.15, -0.1) is 0 Å². The molecule has 4 atom stereocenters. The standard InChI is InChI=1S/C44H78O14P2/c1-4-5-6-7-8-9-10-11-15-18-21-24-27-31-40(45)32-29-34-43(47)54-37-42(38-57-60(52,53)56-36-41(46)35-55-59(49,50)51)58-44(48)33-28-25-22-19-16-13-12-14-17-20-23-26-30-39(2)3/h5-6,8-9,11,15,21,24,27,31,39-42,45-46H,4,7,10,12-14,16-20,22-23,25-26,28-30,32-38H2,1-3H3,(H,52,53)(H2,49,50,51)/b6-5-,9-8-,15-11-,24-21-,31-27+/t40?,41-,42+/m0/s1. The van der Waals surface area contributed by atoms with E-state index < -0.39 is 72.3 Å². The van der Waals surface area contributed by atoms with Gasteiger partial charge in [0.1, 0.15) is 12.7 Å². The van der Waals surface area contributed by atoms with E-state index in [4.69, 9.17) is 23.8 Å². The van der Waals surface area contributed by atoms with Crippen LogP contribution in [-0.2, 0) is 41.8 Å². The highest BCUT2D eigenvalue weighted by Crippen LogP contribution is 2.43. The number of carbonyl (C=O) groups is 2. The lowest BCUT2D eigenvalue weighted by Crippen LogP contribution is -2.30. The van der Waals surface area contributed by atoms with Crippen molar-refractivity contribution < 1.29 is 66.7 Å². The average molecular weight is 893 g/mol. The van der Waals surface area contributed by atoms with Crippen LogP contribution in [0.5, 0.6) is 0 Å². The molecule has 0 spiro atoms. The average Bonchev–Trinajstić information content (AvgIpc) is 3.18. The van der Waals surface area contributed by atoms with Crippen molar-refractivity contribution in [1.29, 1.82) is 0 Å². The Morgan fingerprint density at radius 2 is 1.07 bits per heavy atom. The number of unbranched alkanes of at least 4 members (excludes halogenated alkanes) is 11. The van der Waals surface area contributed by atoms with Crippen LogP contribution in [0.25, 0.3) is 0 Å². The Bertz CT molecular complexity index is 1320. The predicted molar refractivity (Wildman–Crippen MR) is 236 cm³/mol. The van der Waals surface area contributed by atoms with Gasteiger partial charge in [0, 0.05) is 12.8 Å². The van der Waals surface area contributed by atoms with Crippen molar-refractivity contribution in [1.82, 2.24) is 0 Å². The third-order valence-corrected chi connectivity index (χ3v) is 10.4. The quantitative estimate of drug-likeness (QED) is 0.0127. The van der Waals surface area contributed by atoms with E-state index in [-0.39, 0.29) is 12.8 Å². The van der Waals surface area contributed by atoms with Gasteiger partial charge in [-0.1, -0.05) is 159 Å². The maximum absolute atomic E-state index is 12.7. The summed E-state index contributed by atoms with van der Waals surface area (Å²) in [6, 6.07) is 0.